The van der Waals surface area contributed by atoms with Crippen molar-refractivity contribution in [3.63, 3.8) is 0 Å². The number of hydrogen-bond acceptors (Lipinski definition) is 4. The van der Waals surface area contributed by atoms with E-state index in [0.29, 0.717) is 11.1 Å². The van der Waals surface area contributed by atoms with E-state index >= 15 is 0 Å². The minimum absolute atomic E-state index is 0.0334. The minimum atomic E-state index is -1.05. The van der Waals surface area contributed by atoms with E-state index in [-0.39, 0.29) is 17.7 Å². The Kier molecular flexibility index (Phi) is 3.36. The molecule has 0 unspecified atom stereocenters. The molecule has 2 amide bonds. The second-order valence-electron chi connectivity index (χ2n) is 4.67. The molecule has 1 aliphatic rings. The Hall–Kier alpha value is -1.82. The lowest BCUT2D eigenvalue weighted by molar-refractivity contribution is -0.138. The number of benzene rings is 1. The van der Waals surface area contributed by atoms with Crippen LogP contribution in [0.5, 0.6) is 0 Å². The van der Waals surface area contributed by atoms with Crippen molar-refractivity contribution in [2.75, 3.05) is 5.88 Å². The van der Waals surface area contributed by atoms with Gasteiger partial charge in [0.05, 0.1) is 17.0 Å². The average molecular weight is 279 g/mol. The lowest BCUT2D eigenvalue weighted by atomic mass is 10.1. The van der Waals surface area contributed by atoms with Crippen LogP contribution in [0.25, 0.3) is 0 Å². The average Bonchev–Trinajstić information content (AvgIpc) is 2.60. The summed E-state index contributed by atoms with van der Waals surface area (Å²) in [4.78, 5) is 36.2. The van der Waals surface area contributed by atoms with E-state index in [1.807, 2.05) is 0 Å². The molecule has 0 fully saturated rings. The van der Waals surface area contributed by atoms with Gasteiger partial charge in [-0.2, -0.15) is 0 Å². The summed E-state index contributed by atoms with van der Waals surface area (Å²) in [5.74, 6) is -1.68. The fraction of sp³-hybridized carbons (Fsp3) is 0.308. The first-order valence-electron chi connectivity index (χ1n) is 5.67. The van der Waals surface area contributed by atoms with Gasteiger partial charge in [0, 0.05) is 0 Å². The molecule has 6 heteroatoms. The summed E-state index contributed by atoms with van der Waals surface area (Å²) >= 11 is 1.05. The smallest absolute Gasteiger partial charge is 0.319 e. The number of fused-ring (bicyclic) bond motifs is 1. The predicted octanol–water partition coefficient (Wildman–Crippen LogP) is 1.84. The number of carbonyl (C=O) groups is 3. The van der Waals surface area contributed by atoms with Crippen LogP contribution in [0.1, 0.15) is 34.6 Å². The van der Waals surface area contributed by atoms with Crippen LogP contribution in [0, 0.1) is 0 Å². The second kappa shape index (κ2) is 4.70. The first-order valence-corrected chi connectivity index (χ1v) is 6.66. The molecule has 100 valence electrons. The predicted molar refractivity (Wildman–Crippen MR) is 71.1 cm³/mol. The number of thioether (sulfide) groups is 1. The molecule has 19 heavy (non-hydrogen) atoms. The summed E-state index contributed by atoms with van der Waals surface area (Å²) in [5.41, 5.74) is 0.752. The topological polar surface area (TPSA) is 74.7 Å². The lowest BCUT2D eigenvalue weighted by Crippen LogP contribution is -2.34. The van der Waals surface area contributed by atoms with Crippen molar-refractivity contribution < 1.29 is 19.5 Å². The van der Waals surface area contributed by atoms with Crippen molar-refractivity contribution in [1.82, 2.24) is 4.90 Å². The zero-order chi connectivity index (χ0) is 14.2. The highest BCUT2D eigenvalue weighted by Gasteiger charge is 2.37. The zero-order valence-corrected chi connectivity index (χ0v) is 11.4. The van der Waals surface area contributed by atoms with Crippen molar-refractivity contribution in [3.8, 4) is 0 Å². The van der Waals surface area contributed by atoms with Gasteiger partial charge in [-0.1, -0.05) is 12.1 Å². The third kappa shape index (κ3) is 2.35. The van der Waals surface area contributed by atoms with Crippen molar-refractivity contribution in [3.05, 3.63) is 35.4 Å². The molecule has 0 saturated heterocycles. The maximum Gasteiger partial charge on any atom is 0.319 e. The van der Waals surface area contributed by atoms with E-state index in [4.69, 9.17) is 5.11 Å². The molecule has 0 aromatic heterocycles. The van der Waals surface area contributed by atoms with Crippen molar-refractivity contribution in [2.45, 2.75) is 18.6 Å². The third-order valence-corrected chi connectivity index (χ3v) is 4.23. The highest BCUT2D eigenvalue weighted by atomic mass is 32.2. The van der Waals surface area contributed by atoms with Gasteiger partial charge in [-0.25, -0.2) is 0 Å². The molecule has 1 heterocycles. The number of carbonyl (C=O) groups excluding carboxylic acids is 2. The SMILES string of the molecule is CC(C)(SCN1C(=O)c2ccccc2C1=O)C(=O)O. The molecule has 0 atom stereocenters. The molecule has 1 aromatic carbocycles. The van der Waals surface area contributed by atoms with Gasteiger partial charge in [0.15, 0.2) is 0 Å². The van der Waals surface area contributed by atoms with Crippen LogP contribution in [-0.2, 0) is 4.79 Å². The molecule has 0 bridgehead atoms. The van der Waals surface area contributed by atoms with Crippen LogP contribution in [0.3, 0.4) is 0 Å². The van der Waals surface area contributed by atoms with Crippen molar-refractivity contribution >= 4 is 29.5 Å². The standard InChI is InChI=1S/C13H13NO4S/c1-13(2,12(17)18)19-7-14-10(15)8-5-3-4-6-9(8)11(14)16/h3-6H,7H2,1-2H3,(H,17,18). The van der Waals surface area contributed by atoms with E-state index in [1.54, 1.807) is 24.3 Å². The molecular formula is C13H13NO4S. The Morgan fingerprint density at radius 1 is 1.21 bits per heavy atom. The number of imide groups is 1. The van der Waals surface area contributed by atoms with Gasteiger partial charge in [0.2, 0.25) is 0 Å². The van der Waals surface area contributed by atoms with Gasteiger partial charge >= 0.3 is 5.97 Å². The minimum Gasteiger partial charge on any atom is -0.480 e. The Balaban J connectivity index is 2.15. The van der Waals surface area contributed by atoms with Gasteiger partial charge < -0.3 is 5.11 Å². The third-order valence-electron chi connectivity index (χ3n) is 2.95. The summed E-state index contributed by atoms with van der Waals surface area (Å²) in [6.45, 7) is 3.08. The molecule has 0 spiro atoms. The van der Waals surface area contributed by atoms with Crippen molar-refractivity contribution in [1.29, 1.82) is 0 Å². The van der Waals surface area contributed by atoms with E-state index in [0.717, 1.165) is 16.7 Å². The molecule has 0 aliphatic carbocycles. The van der Waals surface area contributed by atoms with Gasteiger partial charge in [0.1, 0.15) is 4.75 Å². The van der Waals surface area contributed by atoms with E-state index in [1.165, 1.54) is 13.8 Å². The largest absolute Gasteiger partial charge is 0.480 e. The summed E-state index contributed by atoms with van der Waals surface area (Å²) in [7, 11) is 0. The molecule has 1 aromatic rings. The molecule has 1 N–H and O–H groups in total. The Labute approximate surface area is 114 Å². The van der Waals surface area contributed by atoms with E-state index in [2.05, 4.69) is 0 Å². The van der Waals surface area contributed by atoms with E-state index in [9.17, 15) is 14.4 Å². The lowest BCUT2D eigenvalue weighted by Gasteiger charge is -2.21. The maximum absolute atomic E-state index is 12.0. The number of amides is 2. The van der Waals surface area contributed by atoms with Crippen LogP contribution in [0.4, 0.5) is 0 Å². The Bertz CT molecular complexity index is 533. The van der Waals surface area contributed by atoms with Crippen molar-refractivity contribution in [2.24, 2.45) is 0 Å². The summed E-state index contributed by atoms with van der Waals surface area (Å²) in [5, 5.41) is 9.01. The highest BCUT2D eigenvalue weighted by molar-refractivity contribution is 8.01. The molecule has 5 nitrogen and oxygen atoms in total. The molecule has 0 saturated carbocycles. The van der Waals surface area contributed by atoms with Crippen LogP contribution in [-0.4, -0.2) is 38.4 Å². The quantitative estimate of drug-likeness (QED) is 0.851. The molecule has 2 rings (SSSR count). The number of hydrogen-bond donors (Lipinski definition) is 1. The van der Waals surface area contributed by atoms with Gasteiger partial charge in [-0.05, 0) is 26.0 Å². The van der Waals surface area contributed by atoms with Gasteiger partial charge in [0.25, 0.3) is 11.8 Å². The zero-order valence-electron chi connectivity index (χ0n) is 10.5. The number of aliphatic carboxylic acids is 1. The number of carboxylic acids is 1. The highest BCUT2D eigenvalue weighted by Crippen LogP contribution is 2.29. The number of nitrogens with zero attached hydrogens (tertiary/aromatic N) is 1. The first-order chi connectivity index (χ1) is 8.84. The first kappa shape index (κ1) is 13.6. The van der Waals surface area contributed by atoms with Crippen LogP contribution >= 0.6 is 11.8 Å². The molecule has 1 aliphatic heterocycles. The fourth-order valence-electron chi connectivity index (χ4n) is 1.64. The summed E-state index contributed by atoms with van der Waals surface area (Å²) < 4.78 is -1.05. The number of carboxylic acid groups (broad SMARTS) is 1. The van der Waals surface area contributed by atoms with Crippen LogP contribution in [0.15, 0.2) is 24.3 Å². The summed E-state index contributed by atoms with van der Waals surface area (Å²) in [6.07, 6.45) is 0. The Morgan fingerprint density at radius 3 is 2.11 bits per heavy atom. The molecular weight excluding hydrogens is 266 g/mol. The molecule has 0 radical (unpaired) electrons. The summed E-state index contributed by atoms with van der Waals surface area (Å²) in [6, 6.07) is 6.59. The Morgan fingerprint density at radius 2 is 1.68 bits per heavy atom. The fourth-order valence-corrected chi connectivity index (χ4v) is 2.45. The van der Waals surface area contributed by atoms with Crippen LogP contribution in [0.2, 0.25) is 0 Å². The number of rotatable bonds is 4. The van der Waals surface area contributed by atoms with Gasteiger partial charge in [-0.3, -0.25) is 19.3 Å². The van der Waals surface area contributed by atoms with E-state index < -0.39 is 10.7 Å². The monoisotopic (exact) mass is 279 g/mol. The second-order valence-corrected chi connectivity index (χ2v) is 6.24. The maximum atomic E-state index is 12.0. The normalized spacial score (nSPS) is 14.7. The van der Waals surface area contributed by atoms with Crippen LogP contribution < -0.4 is 0 Å². The van der Waals surface area contributed by atoms with Gasteiger partial charge in [-0.15, -0.1) is 11.8 Å².